The number of amides is 2. The highest BCUT2D eigenvalue weighted by Gasteiger charge is 2.16. The Balaban J connectivity index is 2.22. The van der Waals surface area contributed by atoms with Gasteiger partial charge in [-0.3, -0.25) is 19.7 Å². The fourth-order valence-corrected chi connectivity index (χ4v) is 2.61. The number of non-ortho nitro benzene ring substituents is 1. The molecule has 21 heavy (non-hydrogen) atoms. The number of anilines is 1. The Kier molecular flexibility index (Phi) is 3.99. The summed E-state index contributed by atoms with van der Waals surface area (Å²) in [6.07, 6.45) is 0. The number of rotatable bonds is 4. The Hall–Kier alpha value is -2.74. The molecule has 8 heteroatoms. The molecule has 3 N–H and O–H groups in total. The van der Waals surface area contributed by atoms with Gasteiger partial charge in [-0.2, -0.15) is 0 Å². The van der Waals surface area contributed by atoms with Gasteiger partial charge in [0.2, 0.25) is 0 Å². The normalized spacial score (nSPS) is 10.1. The molecule has 0 bridgehead atoms. The third-order valence-corrected chi connectivity index (χ3v) is 3.65. The van der Waals surface area contributed by atoms with Crippen LogP contribution in [0.3, 0.4) is 0 Å². The minimum atomic E-state index is -0.627. The van der Waals surface area contributed by atoms with Crippen LogP contribution in [0.2, 0.25) is 0 Å². The van der Waals surface area contributed by atoms with Gasteiger partial charge >= 0.3 is 0 Å². The second kappa shape index (κ2) is 5.71. The highest BCUT2D eigenvalue weighted by Crippen LogP contribution is 2.27. The first kappa shape index (κ1) is 14.7. The lowest BCUT2D eigenvalue weighted by Crippen LogP contribution is -2.16. The molecule has 0 atom stereocenters. The summed E-state index contributed by atoms with van der Waals surface area (Å²) < 4.78 is 0. The van der Waals surface area contributed by atoms with E-state index < -0.39 is 16.7 Å². The highest BCUT2D eigenvalue weighted by atomic mass is 32.1. The lowest BCUT2D eigenvalue weighted by molar-refractivity contribution is -0.384. The summed E-state index contributed by atoms with van der Waals surface area (Å²) in [4.78, 5) is 34.2. The number of hydrogen-bond acceptors (Lipinski definition) is 5. The monoisotopic (exact) mass is 305 g/mol. The van der Waals surface area contributed by atoms with Gasteiger partial charge in [0.25, 0.3) is 17.5 Å². The van der Waals surface area contributed by atoms with Crippen LogP contribution in [-0.4, -0.2) is 16.7 Å². The van der Waals surface area contributed by atoms with Crippen molar-refractivity contribution in [3.05, 3.63) is 56.5 Å². The van der Waals surface area contributed by atoms with E-state index in [1.54, 1.807) is 13.0 Å². The summed E-state index contributed by atoms with van der Waals surface area (Å²) in [5.74, 6) is -1.09. The van der Waals surface area contributed by atoms with Crippen molar-refractivity contribution in [1.82, 2.24) is 0 Å². The number of hydrogen-bond donors (Lipinski definition) is 2. The zero-order valence-corrected chi connectivity index (χ0v) is 11.8. The van der Waals surface area contributed by atoms with Crippen LogP contribution in [-0.2, 0) is 0 Å². The van der Waals surface area contributed by atoms with Crippen LogP contribution in [0.5, 0.6) is 0 Å². The molecule has 1 aromatic heterocycles. The van der Waals surface area contributed by atoms with Crippen molar-refractivity contribution in [1.29, 1.82) is 0 Å². The van der Waals surface area contributed by atoms with Crippen molar-refractivity contribution in [2.24, 2.45) is 5.73 Å². The van der Waals surface area contributed by atoms with Crippen LogP contribution >= 0.6 is 11.3 Å². The molecule has 0 saturated carbocycles. The maximum absolute atomic E-state index is 12.1. The molecule has 0 fully saturated rings. The van der Waals surface area contributed by atoms with Gasteiger partial charge < -0.3 is 11.1 Å². The van der Waals surface area contributed by atoms with E-state index >= 15 is 0 Å². The lowest BCUT2D eigenvalue weighted by atomic mass is 10.2. The zero-order valence-electron chi connectivity index (χ0n) is 11.0. The molecule has 0 spiro atoms. The number of aryl methyl sites for hydroxylation is 1. The maximum atomic E-state index is 12.1. The van der Waals surface area contributed by atoms with Gasteiger partial charge in [0.1, 0.15) is 5.00 Å². The number of nitrogens with zero attached hydrogens (tertiary/aromatic N) is 1. The molecular formula is C13H11N3O4S. The third kappa shape index (κ3) is 3.23. The fraction of sp³-hybridized carbons (Fsp3) is 0.0769. The Bertz CT molecular complexity index is 722. The molecule has 1 aromatic carbocycles. The lowest BCUT2D eigenvalue weighted by Gasteiger charge is -2.04. The molecule has 2 rings (SSSR count). The fourth-order valence-electron chi connectivity index (χ4n) is 1.70. The number of primary amides is 1. The average molecular weight is 305 g/mol. The molecule has 2 amide bonds. The molecule has 108 valence electrons. The molecule has 1 heterocycles. The second-order valence-electron chi connectivity index (χ2n) is 4.22. The van der Waals surface area contributed by atoms with Crippen molar-refractivity contribution in [3.63, 3.8) is 0 Å². The first-order valence-electron chi connectivity index (χ1n) is 5.84. The van der Waals surface area contributed by atoms with Gasteiger partial charge in [-0.25, -0.2) is 0 Å². The predicted molar refractivity (Wildman–Crippen MR) is 78.6 cm³/mol. The zero-order chi connectivity index (χ0) is 15.6. The standard InChI is InChI=1S/C13H11N3O4S/c1-7-6-10(11(14)17)13(21-7)15-12(18)8-2-4-9(5-3-8)16(19)20/h2-6H,1H3,(H2,14,17)(H,15,18). The predicted octanol–water partition coefficient (Wildman–Crippen LogP) is 2.32. The number of nitrogens with one attached hydrogen (secondary N) is 1. The number of nitrogens with two attached hydrogens (primary N) is 1. The first-order chi connectivity index (χ1) is 9.88. The Labute approximate surface area is 123 Å². The number of carbonyl (C=O) groups is 2. The van der Waals surface area contributed by atoms with Gasteiger partial charge in [-0.15, -0.1) is 11.3 Å². The summed E-state index contributed by atoms with van der Waals surface area (Å²) >= 11 is 1.23. The van der Waals surface area contributed by atoms with Gasteiger partial charge in [0.15, 0.2) is 0 Å². The van der Waals surface area contributed by atoms with Gasteiger partial charge in [-0.05, 0) is 25.1 Å². The van der Waals surface area contributed by atoms with E-state index in [1.165, 1.54) is 35.6 Å². The molecule has 7 nitrogen and oxygen atoms in total. The van der Waals surface area contributed by atoms with Crippen LogP contribution in [0, 0.1) is 17.0 Å². The molecule has 0 aliphatic heterocycles. The summed E-state index contributed by atoms with van der Waals surface area (Å²) in [7, 11) is 0. The number of nitro groups is 1. The molecule has 0 unspecified atom stereocenters. The third-order valence-electron chi connectivity index (χ3n) is 2.69. The van der Waals surface area contributed by atoms with E-state index in [4.69, 9.17) is 5.73 Å². The van der Waals surface area contributed by atoms with Crippen LogP contribution in [0.25, 0.3) is 0 Å². The van der Waals surface area contributed by atoms with Crippen molar-refractivity contribution in [2.75, 3.05) is 5.32 Å². The highest BCUT2D eigenvalue weighted by molar-refractivity contribution is 7.16. The quantitative estimate of drug-likeness (QED) is 0.666. The molecular weight excluding hydrogens is 294 g/mol. The van der Waals surface area contributed by atoms with Crippen molar-refractivity contribution < 1.29 is 14.5 Å². The molecule has 0 aliphatic rings. The smallest absolute Gasteiger partial charge is 0.269 e. The SMILES string of the molecule is Cc1cc(C(N)=O)c(NC(=O)c2ccc([N+](=O)[O-])cc2)s1. The van der Waals surface area contributed by atoms with Gasteiger partial charge in [-0.1, -0.05) is 0 Å². The second-order valence-corrected chi connectivity index (χ2v) is 5.48. The number of carbonyl (C=O) groups excluding carboxylic acids is 2. The topological polar surface area (TPSA) is 115 Å². The van der Waals surface area contributed by atoms with Gasteiger partial charge in [0, 0.05) is 22.6 Å². The summed E-state index contributed by atoms with van der Waals surface area (Å²) in [6, 6.07) is 6.77. The molecule has 0 saturated heterocycles. The minimum Gasteiger partial charge on any atom is -0.366 e. The number of benzene rings is 1. The summed E-state index contributed by atoms with van der Waals surface area (Å²) in [6.45, 7) is 1.79. The summed E-state index contributed by atoms with van der Waals surface area (Å²) in [5, 5.41) is 13.5. The van der Waals surface area contributed by atoms with Crippen molar-refractivity contribution in [2.45, 2.75) is 6.92 Å². The van der Waals surface area contributed by atoms with Crippen LogP contribution in [0.1, 0.15) is 25.6 Å². The van der Waals surface area contributed by atoms with Gasteiger partial charge in [0.05, 0.1) is 10.5 Å². The molecule has 0 aliphatic carbocycles. The van der Waals surface area contributed by atoms with Crippen molar-refractivity contribution in [3.8, 4) is 0 Å². The van der Waals surface area contributed by atoms with E-state index in [0.29, 0.717) is 5.00 Å². The number of nitro benzene ring substituents is 1. The Morgan fingerprint density at radius 3 is 2.43 bits per heavy atom. The number of thiophene rings is 1. The molecule has 0 radical (unpaired) electrons. The van der Waals surface area contributed by atoms with Crippen LogP contribution in [0.15, 0.2) is 30.3 Å². The van der Waals surface area contributed by atoms with Crippen molar-refractivity contribution >= 4 is 33.8 Å². The van der Waals surface area contributed by atoms with E-state index in [1.807, 2.05) is 0 Å². The molecule has 2 aromatic rings. The maximum Gasteiger partial charge on any atom is 0.269 e. The van der Waals surface area contributed by atoms with Crippen LogP contribution in [0.4, 0.5) is 10.7 Å². The van der Waals surface area contributed by atoms with E-state index in [-0.39, 0.29) is 16.8 Å². The van der Waals surface area contributed by atoms with E-state index in [0.717, 1.165) is 4.88 Å². The Morgan fingerprint density at radius 2 is 1.90 bits per heavy atom. The Morgan fingerprint density at radius 1 is 1.29 bits per heavy atom. The van der Waals surface area contributed by atoms with E-state index in [9.17, 15) is 19.7 Å². The van der Waals surface area contributed by atoms with E-state index in [2.05, 4.69) is 5.32 Å². The van der Waals surface area contributed by atoms with Crippen LogP contribution < -0.4 is 11.1 Å². The first-order valence-corrected chi connectivity index (χ1v) is 6.66. The minimum absolute atomic E-state index is 0.101. The average Bonchev–Trinajstić information content (AvgIpc) is 2.80. The largest absolute Gasteiger partial charge is 0.366 e. The summed E-state index contributed by atoms with van der Waals surface area (Å²) in [5.41, 5.74) is 5.63.